The summed E-state index contributed by atoms with van der Waals surface area (Å²) in [5.74, 6) is -0.159. The second kappa shape index (κ2) is 4.70. The van der Waals surface area contributed by atoms with Crippen molar-refractivity contribution >= 4 is 30.3 Å². The van der Waals surface area contributed by atoms with E-state index in [1.165, 1.54) is 18.1 Å². The molecule has 1 saturated heterocycles. The second-order valence-electron chi connectivity index (χ2n) is 3.63. The van der Waals surface area contributed by atoms with Crippen LogP contribution in [-0.4, -0.2) is 41.0 Å². The largest absolute Gasteiger partial charge is 0.464 e. The molecule has 17 heavy (non-hydrogen) atoms. The lowest BCUT2D eigenvalue weighted by molar-refractivity contribution is -0.117. The molecule has 0 aliphatic carbocycles. The van der Waals surface area contributed by atoms with Gasteiger partial charge in [0.25, 0.3) is 0 Å². The Kier molecular flexibility index (Phi) is 3.28. The van der Waals surface area contributed by atoms with E-state index in [4.69, 9.17) is 0 Å². The number of rotatable bonds is 2. The van der Waals surface area contributed by atoms with Crippen LogP contribution in [0.2, 0.25) is 0 Å². The summed E-state index contributed by atoms with van der Waals surface area (Å²) >= 11 is 4.24. The third kappa shape index (κ3) is 2.38. The molecular weight excluding hydrogens is 242 g/mol. The highest BCUT2D eigenvalue weighted by atomic mass is 32.1. The maximum absolute atomic E-state index is 11.6. The third-order valence-electron chi connectivity index (χ3n) is 2.43. The molecule has 1 unspecified atom stereocenters. The number of esters is 1. The molecule has 0 spiro atoms. The maximum Gasteiger partial charge on any atom is 0.358 e. The van der Waals surface area contributed by atoms with Gasteiger partial charge in [0.1, 0.15) is 0 Å². The third-order valence-corrected chi connectivity index (χ3v) is 2.77. The van der Waals surface area contributed by atoms with Crippen LogP contribution in [0, 0.1) is 0 Å². The van der Waals surface area contributed by atoms with Crippen molar-refractivity contribution in [2.45, 2.75) is 11.7 Å². The van der Waals surface area contributed by atoms with E-state index in [1.807, 2.05) is 0 Å². The van der Waals surface area contributed by atoms with Gasteiger partial charge in [0.2, 0.25) is 5.91 Å². The zero-order valence-corrected chi connectivity index (χ0v) is 10.1. The van der Waals surface area contributed by atoms with Crippen LogP contribution < -0.4 is 4.90 Å². The minimum absolute atomic E-state index is 0.0181. The Morgan fingerprint density at radius 3 is 2.76 bits per heavy atom. The van der Waals surface area contributed by atoms with Crippen molar-refractivity contribution in [2.24, 2.45) is 0 Å². The lowest BCUT2D eigenvalue weighted by Gasteiger charge is -2.13. The summed E-state index contributed by atoms with van der Waals surface area (Å²) in [6.07, 6.45) is 0.392. The molecule has 1 aromatic heterocycles. The molecule has 6 nitrogen and oxygen atoms in total. The van der Waals surface area contributed by atoms with E-state index >= 15 is 0 Å². The van der Waals surface area contributed by atoms with E-state index in [9.17, 15) is 9.59 Å². The Bertz CT molecular complexity index is 449. The summed E-state index contributed by atoms with van der Waals surface area (Å²) in [7, 11) is 1.27. The molecular formula is C10H11N3O3S. The molecule has 1 atom stereocenters. The maximum atomic E-state index is 11.6. The van der Waals surface area contributed by atoms with E-state index < -0.39 is 5.97 Å². The standard InChI is InChI=1S/C10H11N3O3S/c1-16-10(15)7-2-3-8(12-11-7)13-5-6(17)4-9(13)14/h2-3,6,17H,4-5H2,1H3. The molecule has 1 amide bonds. The zero-order valence-electron chi connectivity index (χ0n) is 9.16. The smallest absolute Gasteiger partial charge is 0.358 e. The van der Waals surface area contributed by atoms with E-state index in [2.05, 4.69) is 27.6 Å². The number of amides is 1. The Hall–Kier alpha value is -1.63. The fourth-order valence-corrected chi connectivity index (χ4v) is 1.91. The van der Waals surface area contributed by atoms with Gasteiger partial charge in [-0.2, -0.15) is 12.6 Å². The molecule has 1 fully saturated rings. The average molecular weight is 253 g/mol. The number of carbonyl (C=O) groups is 2. The van der Waals surface area contributed by atoms with Gasteiger partial charge in [0, 0.05) is 18.2 Å². The fraction of sp³-hybridized carbons (Fsp3) is 0.400. The van der Waals surface area contributed by atoms with E-state index in [-0.39, 0.29) is 16.9 Å². The topological polar surface area (TPSA) is 72.4 Å². The van der Waals surface area contributed by atoms with Crippen molar-refractivity contribution in [1.29, 1.82) is 0 Å². The van der Waals surface area contributed by atoms with Gasteiger partial charge in [0.15, 0.2) is 11.5 Å². The van der Waals surface area contributed by atoms with Crippen molar-refractivity contribution < 1.29 is 14.3 Å². The predicted octanol–water partition coefficient (Wildman–Crippen LogP) is 0.298. The van der Waals surface area contributed by atoms with Crippen LogP contribution >= 0.6 is 12.6 Å². The molecule has 0 saturated carbocycles. The molecule has 0 bridgehead atoms. The summed E-state index contributed by atoms with van der Waals surface area (Å²) < 4.78 is 4.51. The quantitative estimate of drug-likeness (QED) is 0.606. The Morgan fingerprint density at radius 1 is 1.53 bits per heavy atom. The van der Waals surface area contributed by atoms with Crippen LogP contribution in [0.1, 0.15) is 16.9 Å². The number of methoxy groups -OCH3 is 1. The molecule has 0 radical (unpaired) electrons. The summed E-state index contributed by atoms with van der Waals surface area (Å²) in [6.45, 7) is 0.508. The normalized spacial score (nSPS) is 19.5. The Balaban J connectivity index is 2.18. The van der Waals surface area contributed by atoms with Crippen LogP contribution in [0.15, 0.2) is 12.1 Å². The highest BCUT2D eigenvalue weighted by molar-refractivity contribution is 7.81. The summed E-state index contributed by atoms with van der Waals surface area (Å²) in [5, 5.41) is 7.56. The first kappa shape index (κ1) is 11.8. The second-order valence-corrected chi connectivity index (χ2v) is 4.36. The highest BCUT2D eigenvalue weighted by Crippen LogP contribution is 2.21. The molecule has 2 rings (SSSR count). The Labute approximate surface area is 103 Å². The molecule has 2 heterocycles. The molecule has 1 aliphatic rings. The van der Waals surface area contributed by atoms with E-state index in [0.717, 1.165) is 0 Å². The van der Waals surface area contributed by atoms with Gasteiger partial charge in [0.05, 0.1) is 7.11 Å². The number of ether oxygens (including phenoxy) is 1. The first-order valence-corrected chi connectivity index (χ1v) is 5.54. The average Bonchev–Trinajstić information content (AvgIpc) is 2.68. The van der Waals surface area contributed by atoms with Gasteiger partial charge in [-0.05, 0) is 12.1 Å². The summed E-state index contributed by atoms with van der Waals surface area (Å²) in [4.78, 5) is 24.2. The first-order chi connectivity index (χ1) is 8.11. The zero-order chi connectivity index (χ0) is 12.4. The number of nitrogens with zero attached hydrogens (tertiary/aromatic N) is 3. The van der Waals surface area contributed by atoms with Gasteiger partial charge in [-0.15, -0.1) is 10.2 Å². The molecule has 0 N–H and O–H groups in total. The predicted molar refractivity (Wildman–Crippen MR) is 63.1 cm³/mol. The fourth-order valence-electron chi connectivity index (χ4n) is 1.59. The number of hydrogen-bond acceptors (Lipinski definition) is 6. The lowest BCUT2D eigenvalue weighted by Crippen LogP contribution is -2.26. The Morgan fingerprint density at radius 2 is 2.29 bits per heavy atom. The summed E-state index contributed by atoms with van der Waals surface area (Å²) in [6, 6.07) is 3.05. The van der Waals surface area contributed by atoms with Crippen LogP contribution in [0.3, 0.4) is 0 Å². The number of anilines is 1. The first-order valence-electron chi connectivity index (χ1n) is 5.02. The van der Waals surface area contributed by atoms with Crippen molar-refractivity contribution in [2.75, 3.05) is 18.6 Å². The minimum Gasteiger partial charge on any atom is -0.464 e. The number of aromatic nitrogens is 2. The monoisotopic (exact) mass is 253 g/mol. The molecule has 90 valence electrons. The highest BCUT2D eigenvalue weighted by Gasteiger charge is 2.29. The van der Waals surface area contributed by atoms with E-state index in [0.29, 0.717) is 18.8 Å². The summed E-state index contributed by atoms with van der Waals surface area (Å²) in [5.41, 5.74) is 0.116. The van der Waals surface area contributed by atoms with Gasteiger partial charge in [-0.1, -0.05) is 0 Å². The van der Waals surface area contributed by atoms with Crippen LogP contribution in [0.4, 0.5) is 5.82 Å². The van der Waals surface area contributed by atoms with Crippen molar-refractivity contribution in [3.8, 4) is 0 Å². The van der Waals surface area contributed by atoms with Crippen LogP contribution in [0.25, 0.3) is 0 Å². The van der Waals surface area contributed by atoms with E-state index in [1.54, 1.807) is 6.07 Å². The number of carbonyl (C=O) groups excluding carboxylic acids is 2. The van der Waals surface area contributed by atoms with Crippen molar-refractivity contribution in [3.05, 3.63) is 17.8 Å². The van der Waals surface area contributed by atoms with Crippen molar-refractivity contribution in [3.63, 3.8) is 0 Å². The van der Waals surface area contributed by atoms with Gasteiger partial charge in [-0.25, -0.2) is 4.79 Å². The number of hydrogen-bond donors (Lipinski definition) is 1. The number of thiol groups is 1. The lowest BCUT2D eigenvalue weighted by atomic mass is 10.4. The van der Waals surface area contributed by atoms with Gasteiger partial charge >= 0.3 is 5.97 Å². The van der Waals surface area contributed by atoms with Crippen LogP contribution in [0.5, 0.6) is 0 Å². The molecule has 1 aliphatic heterocycles. The van der Waals surface area contributed by atoms with Gasteiger partial charge < -0.3 is 4.74 Å². The molecule has 0 aromatic carbocycles. The SMILES string of the molecule is COC(=O)c1ccc(N2CC(S)CC2=O)nn1. The molecule has 7 heteroatoms. The van der Waals surface area contributed by atoms with Crippen LogP contribution in [-0.2, 0) is 9.53 Å². The van der Waals surface area contributed by atoms with Crippen molar-refractivity contribution in [1.82, 2.24) is 10.2 Å². The minimum atomic E-state index is -0.552. The van der Waals surface area contributed by atoms with Gasteiger partial charge in [-0.3, -0.25) is 9.69 Å². The molecule has 1 aromatic rings.